The number of hydrogen-bond donors (Lipinski definition) is 0. The third kappa shape index (κ3) is 7.44. The van der Waals surface area contributed by atoms with Crippen LogP contribution >= 0.6 is 0 Å². The van der Waals surface area contributed by atoms with E-state index in [1.807, 2.05) is 103 Å². The van der Waals surface area contributed by atoms with Crippen molar-refractivity contribution < 1.29 is 0 Å². The third-order valence-electron chi connectivity index (χ3n) is 13.9. The van der Waals surface area contributed by atoms with Crippen molar-refractivity contribution in [2.24, 2.45) is 0 Å². The maximum atomic E-state index is 11.6. The van der Waals surface area contributed by atoms with Crippen LogP contribution in [0.1, 0.15) is 33.4 Å². The van der Waals surface area contributed by atoms with Crippen LogP contribution in [-0.4, -0.2) is 9.13 Å². The lowest BCUT2D eigenvalue weighted by Gasteiger charge is -2.19. The van der Waals surface area contributed by atoms with Gasteiger partial charge in [-0.1, -0.05) is 109 Å². The van der Waals surface area contributed by atoms with Gasteiger partial charge in [0, 0.05) is 27.1 Å². The molecule has 0 aliphatic heterocycles. The molecule has 10 aromatic carbocycles. The second kappa shape index (κ2) is 17.9. The van der Waals surface area contributed by atoms with E-state index in [0.29, 0.717) is 44.8 Å². The van der Waals surface area contributed by atoms with Crippen LogP contribution in [0.3, 0.4) is 0 Å². The summed E-state index contributed by atoms with van der Waals surface area (Å²) in [5.41, 5.74) is 16.2. The minimum atomic E-state index is 0.374. The third-order valence-corrected chi connectivity index (χ3v) is 13.9. The van der Waals surface area contributed by atoms with Gasteiger partial charge in [-0.2, -0.15) is 31.6 Å². The van der Waals surface area contributed by atoms with E-state index in [2.05, 4.69) is 118 Å². The van der Waals surface area contributed by atoms with Crippen molar-refractivity contribution in [1.29, 1.82) is 31.6 Å². The second-order valence-corrected chi connectivity index (χ2v) is 18.1. The topological polar surface area (TPSA) is 153 Å². The van der Waals surface area contributed by atoms with Crippen molar-refractivity contribution in [2.75, 3.05) is 0 Å². The standard InChI is InChI=1S/C66H34N8/c67-35-41-6-1-11-46(24-41)50-16-20-56-57-21-17-51(47-12-2-7-42(25-47)36-68)30-63(57)73(62(56)29-50)61-34-60(54-15-5-10-45(28-54)39-71)66(33-55(61)40-72)74-64-31-52(48-13-3-8-43(26-48)37-69)18-22-58(64)59-23-19-53(32-65(59)74)49-14-4-9-44(27-49)38-70/h1-34H. The van der Waals surface area contributed by atoms with Crippen molar-refractivity contribution in [3.63, 3.8) is 0 Å². The molecule has 0 fully saturated rings. The van der Waals surface area contributed by atoms with E-state index in [1.54, 1.807) is 30.3 Å². The predicted octanol–water partition coefficient (Wildman–Crippen LogP) is 15.4. The molecule has 2 aromatic heterocycles. The molecule has 338 valence electrons. The fourth-order valence-electron chi connectivity index (χ4n) is 10.4. The first-order chi connectivity index (χ1) is 36.4. The average Bonchev–Trinajstić information content (AvgIpc) is 3.97. The first-order valence-corrected chi connectivity index (χ1v) is 23.6. The highest BCUT2D eigenvalue weighted by Crippen LogP contribution is 2.44. The first kappa shape index (κ1) is 44.0. The van der Waals surface area contributed by atoms with Crippen LogP contribution in [-0.2, 0) is 0 Å². The molecule has 0 aliphatic rings. The molecule has 0 aliphatic carbocycles. The highest BCUT2D eigenvalue weighted by atomic mass is 15.0. The van der Waals surface area contributed by atoms with Crippen LogP contribution in [0.15, 0.2) is 206 Å². The predicted molar refractivity (Wildman–Crippen MR) is 291 cm³/mol. The average molecular weight is 939 g/mol. The molecule has 0 bridgehead atoms. The van der Waals surface area contributed by atoms with E-state index in [-0.39, 0.29) is 0 Å². The molecule has 0 saturated carbocycles. The van der Waals surface area contributed by atoms with Crippen molar-refractivity contribution in [3.8, 4) is 103 Å². The number of nitriles is 6. The van der Waals surface area contributed by atoms with E-state index in [9.17, 15) is 31.6 Å². The summed E-state index contributed by atoms with van der Waals surface area (Å²) < 4.78 is 4.32. The molecule has 0 atom stereocenters. The number of nitrogens with zero attached hydrogens (tertiary/aromatic N) is 8. The molecule has 2 heterocycles. The van der Waals surface area contributed by atoms with Crippen molar-refractivity contribution in [1.82, 2.24) is 9.13 Å². The van der Waals surface area contributed by atoms with Gasteiger partial charge in [-0.25, -0.2) is 0 Å². The molecule has 0 spiro atoms. The largest absolute Gasteiger partial charge is 0.309 e. The van der Waals surface area contributed by atoms with Gasteiger partial charge < -0.3 is 9.13 Å². The van der Waals surface area contributed by atoms with Crippen molar-refractivity contribution in [2.45, 2.75) is 0 Å². The van der Waals surface area contributed by atoms with Gasteiger partial charge in [-0.3, -0.25) is 0 Å². The normalized spacial score (nSPS) is 10.9. The van der Waals surface area contributed by atoms with E-state index >= 15 is 0 Å². The summed E-state index contributed by atoms with van der Waals surface area (Å²) in [5, 5.41) is 65.2. The summed E-state index contributed by atoms with van der Waals surface area (Å²) in [4.78, 5) is 0. The highest BCUT2D eigenvalue weighted by Gasteiger charge is 2.24. The van der Waals surface area contributed by atoms with Crippen molar-refractivity contribution in [3.05, 3.63) is 240 Å². The smallest absolute Gasteiger partial charge is 0.101 e. The van der Waals surface area contributed by atoms with Crippen LogP contribution in [0.4, 0.5) is 0 Å². The van der Waals surface area contributed by atoms with Gasteiger partial charge in [0.1, 0.15) is 6.07 Å². The van der Waals surface area contributed by atoms with Gasteiger partial charge in [-0.15, -0.1) is 0 Å². The monoisotopic (exact) mass is 938 g/mol. The zero-order valence-corrected chi connectivity index (χ0v) is 39.2. The van der Waals surface area contributed by atoms with Crippen molar-refractivity contribution >= 4 is 43.6 Å². The van der Waals surface area contributed by atoms with Gasteiger partial charge >= 0.3 is 0 Å². The quantitative estimate of drug-likeness (QED) is 0.155. The lowest BCUT2D eigenvalue weighted by molar-refractivity contribution is 1.14. The van der Waals surface area contributed by atoms with E-state index in [4.69, 9.17) is 0 Å². The molecule has 8 nitrogen and oxygen atoms in total. The fourth-order valence-corrected chi connectivity index (χ4v) is 10.4. The molecular formula is C66H34N8. The molecule has 8 heteroatoms. The van der Waals surface area contributed by atoms with E-state index in [0.717, 1.165) is 99.2 Å². The number of aromatic nitrogens is 2. The Morgan fingerprint density at radius 2 is 0.527 bits per heavy atom. The molecular weight excluding hydrogens is 905 g/mol. The molecule has 0 radical (unpaired) electrons. The van der Waals surface area contributed by atoms with Gasteiger partial charge in [-0.05, 0) is 147 Å². The zero-order chi connectivity index (χ0) is 50.5. The summed E-state index contributed by atoms with van der Waals surface area (Å²) in [5.74, 6) is 0. The van der Waals surface area contributed by atoms with Crippen LogP contribution in [0.5, 0.6) is 0 Å². The Labute approximate surface area is 425 Å². The molecule has 12 aromatic rings. The molecule has 0 saturated heterocycles. The summed E-state index contributed by atoms with van der Waals surface area (Å²) in [6.07, 6.45) is 0. The van der Waals surface area contributed by atoms with Crippen LogP contribution in [0.25, 0.3) is 111 Å². The SMILES string of the molecule is N#Cc1cccc(-c2ccc3c4ccc(-c5cccc(C#N)c5)cc4n(-c4cc(-c5cccc(C#N)c5)c(-n5c6cc(-c7cccc(C#N)c7)ccc6c6ccc(-c7cccc(C#N)c7)cc65)cc4C#N)c3c2)c1. The molecule has 0 unspecified atom stereocenters. The lowest BCUT2D eigenvalue weighted by Crippen LogP contribution is -2.04. The minimum Gasteiger partial charge on any atom is -0.309 e. The Bertz CT molecular complexity index is 4410. The van der Waals surface area contributed by atoms with E-state index < -0.39 is 0 Å². The Morgan fingerprint density at radius 1 is 0.243 bits per heavy atom. The van der Waals surface area contributed by atoms with Crippen LogP contribution in [0, 0.1) is 68.0 Å². The first-order valence-electron chi connectivity index (χ1n) is 23.6. The maximum absolute atomic E-state index is 11.6. The number of rotatable bonds is 7. The molecule has 12 rings (SSSR count). The fraction of sp³-hybridized carbons (Fsp3) is 0. The van der Waals surface area contributed by atoms with Gasteiger partial charge in [0.05, 0.1) is 97.2 Å². The lowest BCUT2D eigenvalue weighted by atomic mass is 9.97. The van der Waals surface area contributed by atoms with Gasteiger partial charge in [0.2, 0.25) is 0 Å². The zero-order valence-electron chi connectivity index (χ0n) is 39.2. The summed E-state index contributed by atoms with van der Waals surface area (Å²) >= 11 is 0. The number of hydrogen-bond acceptors (Lipinski definition) is 6. The van der Waals surface area contributed by atoms with E-state index in [1.165, 1.54) is 0 Å². The minimum absolute atomic E-state index is 0.374. The maximum Gasteiger partial charge on any atom is 0.101 e. The van der Waals surface area contributed by atoms with Gasteiger partial charge in [0.25, 0.3) is 0 Å². The Morgan fingerprint density at radius 3 is 0.838 bits per heavy atom. The van der Waals surface area contributed by atoms with Crippen LogP contribution < -0.4 is 0 Å². The summed E-state index contributed by atoms with van der Waals surface area (Å²) in [6, 6.07) is 80.6. The Hall–Kier alpha value is -11.3. The summed E-state index contributed by atoms with van der Waals surface area (Å²) in [7, 11) is 0. The molecule has 0 amide bonds. The number of benzene rings is 10. The van der Waals surface area contributed by atoms with Crippen LogP contribution in [0.2, 0.25) is 0 Å². The highest BCUT2D eigenvalue weighted by molar-refractivity contribution is 6.13. The Balaban J connectivity index is 1.20. The van der Waals surface area contributed by atoms with Gasteiger partial charge in [0.15, 0.2) is 0 Å². The molecule has 74 heavy (non-hydrogen) atoms. The second-order valence-electron chi connectivity index (χ2n) is 18.1. The summed E-state index contributed by atoms with van der Waals surface area (Å²) in [6.45, 7) is 0. The number of fused-ring (bicyclic) bond motifs is 6. The molecule has 0 N–H and O–H groups in total. The Kier molecular flexibility index (Phi) is 10.7.